The molecule has 0 spiro atoms. The molecule has 0 aliphatic heterocycles. The second kappa shape index (κ2) is 13.8. The van der Waals surface area contributed by atoms with Crippen LogP contribution in [0.1, 0.15) is 0 Å². The molecule has 57 heavy (non-hydrogen) atoms. The molecule has 11 rings (SSSR count). The highest BCUT2D eigenvalue weighted by Crippen LogP contribution is 2.45. The molecule has 0 N–H and O–H groups in total. The lowest BCUT2D eigenvalue weighted by Gasteiger charge is -2.26. The number of furan rings is 1. The molecule has 0 fully saturated rings. The van der Waals surface area contributed by atoms with E-state index in [0.717, 1.165) is 44.6 Å². The highest BCUT2D eigenvalue weighted by Gasteiger charge is 2.20. The number of hydrogen-bond donors (Lipinski definition) is 0. The van der Waals surface area contributed by atoms with Gasteiger partial charge in [-0.15, -0.1) is 11.3 Å². The largest absolute Gasteiger partial charge is 0.456 e. The summed E-state index contributed by atoms with van der Waals surface area (Å²) in [4.78, 5) is 2.37. The molecule has 2 aromatic heterocycles. The second-order valence-corrected chi connectivity index (χ2v) is 15.5. The molecule has 0 aliphatic carbocycles. The van der Waals surface area contributed by atoms with E-state index in [1.807, 2.05) is 17.4 Å². The van der Waals surface area contributed by atoms with Crippen LogP contribution in [-0.2, 0) is 0 Å². The van der Waals surface area contributed by atoms with Crippen molar-refractivity contribution < 1.29 is 4.42 Å². The zero-order valence-corrected chi connectivity index (χ0v) is 31.8. The number of thiophene rings is 1. The number of anilines is 3. The number of nitrogens with zero attached hydrogens (tertiary/aromatic N) is 1. The van der Waals surface area contributed by atoms with Crippen LogP contribution >= 0.6 is 11.3 Å². The molecule has 0 bridgehead atoms. The smallest absolute Gasteiger partial charge is 0.137 e. The van der Waals surface area contributed by atoms with Crippen molar-refractivity contribution in [1.29, 1.82) is 0 Å². The van der Waals surface area contributed by atoms with Crippen LogP contribution in [0.5, 0.6) is 0 Å². The normalized spacial score (nSPS) is 11.5. The van der Waals surface area contributed by atoms with Crippen LogP contribution < -0.4 is 4.90 Å². The summed E-state index contributed by atoms with van der Waals surface area (Å²) in [7, 11) is 0. The first kappa shape index (κ1) is 33.2. The van der Waals surface area contributed by atoms with Crippen LogP contribution in [0.3, 0.4) is 0 Å². The van der Waals surface area contributed by atoms with E-state index in [1.165, 1.54) is 59.1 Å². The predicted molar refractivity (Wildman–Crippen MR) is 243 cm³/mol. The van der Waals surface area contributed by atoms with Crippen LogP contribution in [0.25, 0.3) is 86.6 Å². The molecular weight excluding hydrogens is 711 g/mol. The highest BCUT2D eigenvalue weighted by atomic mass is 32.1. The first-order valence-electron chi connectivity index (χ1n) is 19.3. The summed E-state index contributed by atoms with van der Waals surface area (Å²) in [6, 6.07) is 76.3. The lowest BCUT2D eigenvalue weighted by Crippen LogP contribution is -2.10. The van der Waals surface area contributed by atoms with Crippen LogP contribution in [-0.4, -0.2) is 0 Å². The van der Waals surface area contributed by atoms with Gasteiger partial charge in [0, 0.05) is 36.9 Å². The van der Waals surface area contributed by atoms with Crippen molar-refractivity contribution in [3.05, 3.63) is 212 Å². The summed E-state index contributed by atoms with van der Waals surface area (Å²) >= 11 is 1.87. The van der Waals surface area contributed by atoms with Gasteiger partial charge in [-0.1, -0.05) is 146 Å². The van der Waals surface area contributed by atoms with E-state index >= 15 is 0 Å². The van der Waals surface area contributed by atoms with Gasteiger partial charge in [-0.25, -0.2) is 0 Å². The average Bonchev–Trinajstić information content (AvgIpc) is 3.87. The van der Waals surface area contributed by atoms with Gasteiger partial charge in [0.15, 0.2) is 0 Å². The van der Waals surface area contributed by atoms with E-state index in [-0.39, 0.29) is 0 Å². The SMILES string of the molecule is c1ccc(-c2cc(-c3ccccc3)cc(-c3ccc(N(c4ccc(-c5cccc6c5sc5ccccc56)cc4)c4cccc5oc6ccccc6c45)cc3)c2)cc1. The number of benzene rings is 9. The quantitative estimate of drug-likeness (QED) is 0.162. The van der Waals surface area contributed by atoms with E-state index in [2.05, 4.69) is 211 Å². The zero-order valence-electron chi connectivity index (χ0n) is 31.0. The van der Waals surface area contributed by atoms with Gasteiger partial charge in [0.2, 0.25) is 0 Å². The van der Waals surface area contributed by atoms with E-state index in [4.69, 9.17) is 4.42 Å². The first-order chi connectivity index (χ1) is 28.2. The summed E-state index contributed by atoms with van der Waals surface area (Å²) in [5, 5.41) is 4.82. The van der Waals surface area contributed by atoms with Crippen molar-refractivity contribution in [2.24, 2.45) is 0 Å². The average molecular weight is 746 g/mol. The Morgan fingerprint density at radius 1 is 0.351 bits per heavy atom. The van der Waals surface area contributed by atoms with Crippen LogP contribution in [0.15, 0.2) is 217 Å². The molecule has 3 heteroatoms. The predicted octanol–water partition coefficient (Wildman–Crippen LogP) is 16.1. The third kappa shape index (κ3) is 5.88. The number of fused-ring (bicyclic) bond motifs is 6. The van der Waals surface area contributed by atoms with Gasteiger partial charge >= 0.3 is 0 Å². The summed E-state index contributed by atoms with van der Waals surface area (Å²) in [5.41, 5.74) is 14.6. The van der Waals surface area contributed by atoms with Crippen molar-refractivity contribution in [3.8, 4) is 44.5 Å². The van der Waals surface area contributed by atoms with Gasteiger partial charge in [0.05, 0.1) is 11.1 Å². The molecular formula is C54H35NOS. The maximum Gasteiger partial charge on any atom is 0.137 e. The van der Waals surface area contributed by atoms with Crippen molar-refractivity contribution in [2.75, 3.05) is 4.90 Å². The lowest BCUT2D eigenvalue weighted by atomic mass is 9.93. The molecule has 0 radical (unpaired) electrons. The van der Waals surface area contributed by atoms with Crippen molar-refractivity contribution >= 4 is 70.5 Å². The van der Waals surface area contributed by atoms with Crippen LogP contribution in [0.4, 0.5) is 17.1 Å². The van der Waals surface area contributed by atoms with Gasteiger partial charge in [-0.05, 0) is 111 Å². The molecule has 0 amide bonds. The fraction of sp³-hybridized carbons (Fsp3) is 0. The fourth-order valence-electron chi connectivity index (χ4n) is 8.33. The Balaban J connectivity index is 1.04. The number of hydrogen-bond acceptors (Lipinski definition) is 3. The standard InChI is InChI=1S/C54H35NOS/c1-3-13-36(14-4-1)40-33-41(37-15-5-2-6-16-37)35-42(34-40)38-25-29-43(30-26-38)55(49-21-12-23-51-53(49)48-18-7-9-22-50(48)56-51)44-31-27-39(28-32-44)45-19-11-20-47-46-17-8-10-24-52(46)57-54(45)47/h1-35H. The zero-order chi connectivity index (χ0) is 37.7. The minimum Gasteiger partial charge on any atom is -0.456 e. The Morgan fingerprint density at radius 3 is 1.53 bits per heavy atom. The lowest BCUT2D eigenvalue weighted by molar-refractivity contribution is 0.669. The highest BCUT2D eigenvalue weighted by molar-refractivity contribution is 7.26. The second-order valence-electron chi connectivity index (χ2n) is 14.5. The molecule has 2 nitrogen and oxygen atoms in total. The van der Waals surface area contributed by atoms with E-state index in [1.54, 1.807) is 0 Å². The molecule has 0 atom stereocenters. The molecule has 11 aromatic rings. The minimum atomic E-state index is 0.870. The first-order valence-corrected chi connectivity index (χ1v) is 20.1. The Labute approximate surface area is 335 Å². The third-order valence-electron chi connectivity index (χ3n) is 11.1. The Bertz CT molecular complexity index is 3160. The maximum absolute atomic E-state index is 6.40. The van der Waals surface area contributed by atoms with Crippen molar-refractivity contribution in [3.63, 3.8) is 0 Å². The van der Waals surface area contributed by atoms with E-state index in [9.17, 15) is 0 Å². The van der Waals surface area contributed by atoms with Crippen LogP contribution in [0, 0.1) is 0 Å². The van der Waals surface area contributed by atoms with Gasteiger partial charge < -0.3 is 9.32 Å². The van der Waals surface area contributed by atoms with E-state index < -0.39 is 0 Å². The van der Waals surface area contributed by atoms with Gasteiger partial charge in [-0.2, -0.15) is 0 Å². The minimum absolute atomic E-state index is 0.870. The summed E-state index contributed by atoms with van der Waals surface area (Å²) in [6.07, 6.45) is 0. The monoisotopic (exact) mass is 745 g/mol. The van der Waals surface area contributed by atoms with Crippen molar-refractivity contribution in [1.82, 2.24) is 0 Å². The third-order valence-corrected chi connectivity index (χ3v) is 12.3. The Hall–Kier alpha value is -7.20. The molecule has 2 heterocycles. The maximum atomic E-state index is 6.40. The number of para-hydroxylation sites is 1. The van der Waals surface area contributed by atoms with Gasteiger partial charge in [0.1, 0.15) is 11.2 Å². The summed E-state index contributed by atoms with van der Waals surface area (Å²) < 4.78 is 9.04. The molecule has 0 saturated heterocycles. The Kier molecular flexibility index (Phi) is 8.04. The van der Waals surface area contributed by atoms with Crippen LogP contribution in [0.2, 0.25) is 0 Å². The van der Waals surface area contributed by atoms with E-state index in [0.29, 0.717) is 0 Å². The summed E-state index contributed by atoms with van der Waals surface area (Å²) in [6.45, 7) is 0. The van der Waals surface area contributed by atoms with Crippen molar-refractivity contribution in [2.45, 2.75) is 0 Å². The molecule has 0 saturated carbocycles. The molecule has 0 aliphatic rings. The topological polar surface area (TPSA) is 16.4 Å². The van der Waals surface area contributed by atoms with Gasteiger partial charge in [0.25, 0.3) is 0 Å². The molecule has 0 unspecified atom stereocenters. The fourth-order valence-corrected chi connectivity index (χ4v) is 9.56. The molecule has 9 aromatic carbocycles. The number of rotatable bonds is 7. The van der Waals surface area contributed by atoms with Gasteiger partial charge in [-0.3, -0.25) is 0 Å². The Morgan fingerprint density at radius 2 is 0.860 bits per heavy atom. The summed E-state index contributed by atoms with van der Waals surface area (Å²) in [5.74, 6) is 0. The molecule has 268 valence electrons.